The second-order valence-electron chi connectivity index (χ2n) is 5.33. The fraction of sp³-hybridized carbons (Fsp3) is 0.583. The van der Waals surface area contributed by atoms with Crippen LogP contribution in [0.2, 0.25) is 0 Å². The number of halogens is 1. The van der Waals surface area contributed by atoms with Crippen molar-refractivity contribution in [3.8, 4) is 0 Å². The number of nitrogens with zero attached hydrogens (tertiary/aromatic N) is 4. The first kappa shape index (κ1) is 12.8. The molecule has 1 atom stereocenters. The van der Waals surface area contributed by atoms with Crippen LogP contribution in [0.3, 0.4) is 0 Å². The molecule has 2 aromatic rings. The highest BCUT2D eigenvalue weighted by Gasteiger charge is 2.34. The number of fused-ring (bicyclic) bond motifs is 1. The Bertz CT molecular complexity index is 584. The van der Waals surface area contributed by atoms with Crippen molar-refractivity contribution >= 4 is 32.9 Å². The lowest BCUT2D eigenvalue weighted by Gasteiger charge is -2.42. The zero-order valence-corrected chi connectivity index (χ0v) is 12.5. The van der Waals surface area contributed by atoms with Crippen LogP contribution < -0.4 is 4.90 Å². The molecule has 0 bridgehead atoms. The van der Waals surface area contributed by atoms with Crippen LogP contribution in [-0.4, -0.2) is 50.1 Å². The smallest absolute Gasteiger partial charge is 0.182 e. The van der Waals surface area contributed by atoms with Crippen molar-refractivity contribution in [2.24, 2.45) is 0 Å². The topological polar surface area (TPSA) is 66.9 Å². The highest BCUT2D eigenvalue weighted by molar-refractivity contribution is 9.09. The van der Waals surface area contributed by atoms with E-state index in [1.165, 1.54) is 0 Å². The van der Waals surface area contributed by atoms with Crippen molar-refractivity contribution in [3.63, 3.8) is 0 Å². The first-order valence-electron chi connectivity index (χ1n) is 6.22. The average Bonchev–Trinajstić information content (AvgIpc) is 2.84. The number of hydrogen-bond acceptors (Lipinski definition) is 5. The maximum atomic E-state index is 6.01. The number of aromatic amines is 1. The standard InChI is InChI=1S/C12H16BrN5O/c1-12(2)5-18(4-8(3-13)19-12)11-9-10(15-6-14-9)16-7-17-11/h6-8H,3-5H2,1-2H3,(H,14,15,16,17). The van der Waals surface area contributed by atoms with Gasteiger partial charge in [-0.3, -0.25) is 0 Å². The molecule has 0 aromatic carbocycles. The molecule has 2 aromatic heterocycles. The van der Waals surface area contributed by atoms with Crippen LogP contribution in [0.5, 0.6) is 0 Å². The third-order valence-electron chi connectivity index (χ3n) is 3.16. The molecule has 6 nitrogen and oxygen atoms in total. The lowest BCUT2D eigenvalue weighted by Crippen LogP contribution is -2.53. The molecule has 7 heteroatoms. The Hall–Kier alpha value is -1.21. The fourth-order valence-electron chi connectivity index (χ4n) is 2.53. The van der Waals surface area contributed by atoms with Gasteiger partial charge in [0.2, 0.25) is 0 Å². The Labute approximate surface area is 119 Å². The lowest BCUT2D eigenvalue weighted by molar-refractivity contribution is -0.0725. The summed E-state index contributed by atoms with van der Waals surface area (Å²) >= 11 is 3.50. The highest BCUT2D eigenvalue weighted by Crippen LogP contribution is 2.28. The van der Waals surface area contributed by atoms with Gasteiger partial charge in [-0.1, -0.05) is 15.9 Å². The molecule has 0 spiro atoms. The maximum Gasteiger partial charge on any atom is 0.182 e. The van der Waals surface area contributed by atoms with E-state index in [1.54, 1.807) is 12.7 Å². The molecule has 1 saturated heterocycles. The SMILES string of the molecule is CC1(C)CN(c2ncnc3nc[nH]c23)CC(CBr)O1. The lowest BCUT2D eigenvalue weighted by atomic mass is 10.1. The Balaban J connectivity index is 1.98. The van der Waals surface area contributed by atoms with E-state index < -0.39 is 0 Å². The van der Waals surface area contributed by atoms with Gasteiger partial charge in [0.25, 0.3) is 0 Å². The maximum absolute atomic E-state index is 6.01. The van der Waals surface area contributed by atoms with Crippen molar-refractivity contribution in [3.05, 3.63) is 12.7 Å². The van der Waals surface area contributed by atoms with Crippen molar-refractivity contribution in [1.29, 1.82) is 0 Å². The summed E-state index contributed by atoms with van der Waals surface area (Å²) in [6, 6.07) is 0. The largest absolute Gasteiger partial charge is 0.368 e. The van der Waals surface area contributed by atoms with E-state index in [9.17, 15) is 0 Å². The summed E-state index contributed by atoms with van der Waals surface area (Å²) in [5.74, 6) is 0.893. The monoisotopic (exact) mass is 325 g/mol. The normalized spacial score (nSPS) is 22.9. The minimum Gasteiger partial charge on any atom is -0.368 e. The summed E-state index contributed by atoms with van der Waals surface area (Å²) in [4.78, 5) is 18.1. The molecule has 0 aliphatic carbocycles. The Morgan fingerprint density at radius 3 is 3.11 bits per heavy atom. The van der Waals surface area contributed by atoms with Crippen LogP contribution in [-0.2, 0) is 4.74 Å². The Morgan fingerprint density at radius 1 is 1.47 bits per heavy atom. The summed E-state index contributed by atoms with van der Waals surface area (Å²) in [7, 11) is 0. The number of imidazole rings is 1. The summed E-state index contributed by atoms with van der Waals surface area (Å²) < 4.78 is 6.01. The molecular formula is C12H16BrN5O. The van der Waals surface area contributed by atoms with Crippen LogP contribution in [0, 0.1) is 0 Å². The Kier molecular flexibility index (Phi) is 3.18. The van der Waals surface area contributed by atoms with E-state index in [2.05, 4.69) is 54.6 Å². The van der Waals surface area contributed by atoms with E-state index in [0.717, 1.165) is 29.8 Å². The van der Waals surface area contributed by atoms with Gasteiger partial charge >= 0.3 is 0 Å². The van der Waals surface area contributed by atoms with Gasteiger partial charge < -0.3 is 14.6 Å². The molecular weight excluding hydrogens is 310 g/mol. The molecule has 0 amide bonds. The molecule has 0 saturated carbocycles. The van der Waals surface area contributed by atoms with Crippen LogP contribution in [0.15, 0.2) is 12.7 Å². The summed E-state index contributed by atoms with van der Waals surface area (Å²) in [5.41, 5.74) is 1.38. The predicted molar refractivity (Wildman–Crippen MR) is 76.6 cm³/mol. The number of H-pyrrole nitrogens is 1. The number of aromatic nitrogens is 4. The first-order valence-corrected chi connectivity index (χ1v) is 7.34. The minimum atomic E-state index is -0.200. The molecule has 19 heavy (non-hydrogen) atoms. The molecule has 1 aliphatic heterocycles. The van der Waals surface area contributed by atoms with Gasteiger partial charge in [-0.05, 0) is 13.8 Å². The van der Waals surface area contributed by atoms with E-state index in [0.29, 0.717) is 5.65 Å². The zero-order chi connectivity index (χ0) is 13.5. The molecule has 1 N–H and O–H groups in total. The predicted octanol–water partition coefficient (Wildman–Crippen LogP) is 1.73. The van der Waals surface area contributed by atoms with Crippen molar-refractivity contribution in [2.75, 3.05) is 23.3 Å². The van der Waals surface area contributed by atoms with Crippen LogP contribution >= 0.6 is 15.9 Å². The van der Waals surface area contributed by atoms with E-state index in [1.807, 2.05) is 0 Å². The number of anilines is 1. The second-order valence-corrected chi connectivity index (χ2v) is 5.98. The van der Waals surface area contributed by atoms with Gasteiger partial charge in [0.05, 0.1) is 18.0 Å². The van der Waals surface area contributed by atoms with Crippen LogP contribution in [0.25, 0.3) is 11.2 Å². The first-order chi connectivity index (χ1) is 9.09. The van der Waals surface area contributed by atoms with Gasteiger partial charge in [0.15, 0.2) is 11.5 Å². The molecule has 0 radical (unpaired) electrons. The fourth-order valence-corrected chi connectivity index (χ4v) is 2.87. The van der Waals surface area contributed by atoms with Gasteiger partial charge in [0.1, 0.15) is 11.8 Å². The minimum absolute atomic E-state index is 0.150. The van der Waals surface area contributed by atoms with Gasteiger partial charge in [-0.15, -0.1) is 0 Å². The molecule has 102 valence electrons. The van der Waals surface area contributed by atoms with Crippen LogP contribution in [0.4, 0.5) is 5.82 Å². The number of nitrogens with one attached hydrogen (secondary N) is 1. The average molecular weight is 326 g/mol. The molecule has 3 heterocycles. The molecule has 3 rings (SSSR count). The van der Waals surface area contributed by atoms with Gasteiger partial charge in [0, 0.05) is 18.4 Å². The van der Waals surface area contributed by atoms with E-state index >= 15 is 0 Å². The number of morpholine rings is 1. The molecule has 1 unspecified atom stereocenters. The summed E-state index contributed by atoms with van der Waals surface area (Å²) in [5, 5.41) is 0.810. The van der Waals surface area contributed by atoms with Crippen molar-refractivity contribution in [2.45, 2.75) is 25.6 Å². The number of rotatable bonds is 2. The Morgan fingerprint density at radius 2 is 2.32 bits per heavy atom. The number of ether oxygens (including phenoxy) is 1. The molecule has 1 fully saturated rings. The summed E-state index contributed by atoms with van der Waals surface area (Å²) in [6.07, 6.45) is 3.36. The second kappa shape index (κ2) is 4.72. The van der Waals surface area contributed by atoms with Crippen molar-refractivity contribution < 1.29 is 4.74 Å². The molecule has 1 aliphatic rings. The summed E-state index contributed by atoms with van der Waals surface area (Å²) in [6.45, 7) is 5.79. The van der Waals surface area contributed by atoms with Crippen molar-refractivity contribution in [1.82, 2.24) is 19.9 Å². The van der Waals surface area contributed by atoms with Crippen LogP contribution in [0.1, 0.15) is 13.8 Å². The number of hydrogen-bond donors (Lipinski definition) is 1. The quantitative estimate of drug-likeness (QED) is 0.852. The third-order valence-corrected chi connectivity index (χ3v) is 3.88. The van der Waals surface area contributed by atoms with E-state index in [-0.39, 0.29) is 11.7 Å². The van der Waals surface area contributed by atoms with E-state index in [4.69, 9.17) is 4.74 Å². The van der Waals surface area contributed by atoms with Gasteiger partial charge in [-0.25, -0.2) is 15.0 Å². The third kappa shape index (κ3) is 2.44. The number of alkyl halides is 1. The van der Waals surface area contributed by atoms with Gasteiger partial charge in [-0.2, -0.15) is 0 Å². The highest BCUT2D eigenvalue weighted by atomic mass is 79.9. The zero-order valence-electron chi connectivity index (χ0n) is 10.9.